The van der Waals surface area contributed by atoms with Gasteiger partial charge in [0.25, 0.3) is 5.91 Å². The maximum absolute atomic E-state index is 12.3. The Kier molecular flexibility index (Phi) is 6.14. The van der Waals surface area contributed by atoms with E-state index in [0.717, 1.165) is 5.56 Å². The summed E-state index contributed by atoms with van der Waals surface area (Å²) in [4.78, 5) is 12.8. The number of carbonyl (C=O) groups is 1. The van der Waals surface area contributed by atoms with Crippen LogP contribution in [-0.4, -0.2) is 10.1 Å². The Morgan fingerprint density at radius 2 is 1.54 bits per heavy atom. The normalized spacial score (nSPS) is 11.9. The Labute approximate surface area is 163 Å². The number of benzene rings is 2. The Morgan fingerprint density at radius 3 is 2.19 bits per heavy atom. The van der Waals surface area contributed by atoms with Gasteiger partial charge in [0.2, 0.25) is 0 Å². The molecule has 0 bridgehead atoms. The molecule has 26 heavy (non-hydrogen) atoms. The van der Waals surface area contributed by atoms with Crippen LogP contribution in [0.15, 0.2) is 70.0 Å². The van der Waals surface area contributed by atoms with Gasteiger partial charge in [-0.2, -0.15) is 0 Å². The second-order valence-corrected chi connectivity index (χ2v) is 7.84. The number of halogens is 2. The first-order chi connectivity index (χ1) is 12.5. The maximum Gasteiger partial charge on any atom is 0.287 e. The van der Waals surface area contributed by atoms with E-state index in [1.54, 1.807) is 48.5 Å². The standard InChI is InChI=1S/C19H15Cl2NO3S/c20-14-3-1-13(2-4-14)11-22-19(23)18-10-7-16(25-18)12-26(24)17-8-5-15(21)6-9-17/h1-10H,11-12H2,(H,22,23)/t26-/m0/s1. The molecule has 1 amide bonds. The molecule has 1 aromatic heterocycles. The fourth-order valence-electron chi connectivity index (χ4n) is 2.25. The second-order valence-electron chi connectivity index (χ2n) is 5.52. The van der Waals surface area contributed by atoms with Gasteiger partial charge in [0.15, 0.2) is 5.76 Å². The summed E-state index contributed by atoms with van der Waals surface area (Å²) in [6.07, 6.45) is 0. The molecular formula is C19H15Cl2NO3S. The zero-order valence-corrected chi connectivity index (χ0v) is 15.9. The molecule has 134 valence electrons. The van der Waals surface area contributed by atoms with Gasteiger partial charge in [-0.05, 0) is 54.1 Å². The van der Waals surface area contributed by atoms with Crippen LogP contribution in [0.1, 0.15) is 21.9 Å². The number of hydrogen-bond donors (Lipinski definition) is 1. The summed E-state index contributed by atoms with van der Waals surface area (Å²) in [7, 11) is -1.27. The minimum absolute atomic E-state index is 0.182. The highest BCUT2D eigenvalue weighted by molar-refractivity contribution is 7.84. The van der Waals surface area contributed by atoms with Gasteiger partial charge in [-0.1, -0.05) is 35.3 Å². The van der Waals surface area contributed by atoms with Crippen molar-refractivity contribution in [3.63, 3.8) is 0 Å². The van der Waals surface area contributed by atoms with Gasteiger partial charge in [0.1, 0.15) is 5.76 Å². The quantitative estimate of drug-likeness (QED) is 0.636. The van der Waals surface area contributed by atoms with E-state index in [1.807, 2.05) is 12.1 Å². The topological polar surface area (TPSA) is 59.3 Å². The number of rotatable bonds is 6. The van der Waals surface area contributed by atoms with Crippen molar-refractivity contribution in [2.45, 2.75) is 17.2 Å². The third-order valence-corrected chi connectivity index (χ3v) is 5.45. The Morgan fingerprint density at radius 1 is 0.923 bits per heavy atom. The van der Waals surface area contributed by atoms with Crippen LogP contribution >= 0.6 is 23.2 Å². The van der Waals surface area contributed by atoms with E-state index in [0.29, 0.717) is 27.2 Å². The monoisotopic (exact) mass is 407 g/mol. The summed E-state index contributed by atoms with van der Waals surface area (Å²) in [5.41, 5.74) is 0.929. The van der Waals surface area contributed by atoms with Crippen LogP contribution in [0.5, 0.6) is 0 Å². The van der Waals surface area contributed by atoms with Gasteiger partial charge in [-0.25, -0.2) is 0 Å². The Hall–Kier alpha value is -2.08. The summed E-state index contributed by atoms with van der Waals surface area (Å²) < 4.78 is 17.9. The van der Waals surface area contributed by atoms with E-state index in [-0.39, 0.29) is 17.4 Å². The summed E-state index contributed by atoms with van der Waals surface area (Å²) in [5, 5.41) is 4.00. The molecule has 0 spiro atoms. The number of nitrogens with one attached hydrogen (secondary N) is 1. The average Bonchev–Trinajstić information content (AvgIpc) is 3.10. The van der Waals surface area contributed by atoms with Gasteiger partial charge in [0, 0.05) is 21.5 Å². The van der Waals surface area contributed by atoms with Crippen LogP contribution < -0.4 is 5.32 Å². The minimum Gasteiger partial charge on any atom is -0.455 e. The predicted octanol–water partition coefficient (Wildman–Crippen LogP) is 4.82. The molecule has 1 heterocycles. The fraction of sp³-hybridized carbons (Fsp3) is 0.105. The molecule has 4 nitrogen and oxygen atoms in total. The molecule has 0 radical (unpaired) electrons. The molecule has 3 aromatic rings. The van der Waals surface area contributed by atoms with Gasteiger partial charge in [-0.15, -0.1) is 0 Å². The highest BCUT2D eigenvalue weighted by Gasteiger charge is 2.13. The molecule has 1 N–H and O–H groups in total. The third kappa shape index (κ3) is 4.97. The predicted molar refractivity (Wildman–Crippen MR) is 103 cm³/mol. The Bertz CT molecular complexity index is 921. The second kappa shape index (κ2) is 8.54. The maximum atomic E-state index is 12.3. The van der Waals surface area contributed by atoms with Crippen molar-refractivity contribution in [2.75, 3.05) is 0 Å². The number of carbonyl (C=O) groups excluding carboxylic acids is 1. The van der Waals surface area contributed by atoms with Crippen molar-refractivity contribution in [3.05, 3.63) is 87.8 Å². The smallest absolute Gasteiger partial charge is 0.287 e. The van der Waals surface area contributed by atoms with Crippen molar-refractivity contribution in [1.82, 2.24) is 5.32 Å². The van der Waals surface area contributed by atoms with Gasteiger partial charge < -0.3 is 9.73 Å². The van der Waals surface area contributed by atoms with Crippen LogP contribution in [0.25, 0.3) is 0 Å². The van der Waals surface area contributed by atoms with Crippen molar-refractivity contribution in [3.8, 4) is 0 Å². The van der Waals surface area contributed by atoms with Crippen LogP contribution in [0, 0.1) is 0 Å². The molecule has 0 aliphatic rings. The van der Waals surface area contributed by atoms with E-state index in [2.05, 4.69) is 5.32 Å². The summed E-state index contributed by atoms with van der Waals surface area (Å²) in [6, 6.07) is 17.2. The molecule has 0 aliphatic carbocycles. The van der Waals surface area contributed by atoms with Gasteiger partial charge in [-0.3, -0.25) is 9.00 Å². The largest absolute Gasteiger partial charge is 0.455 e. The molecule has 0 aliphatic heterocycles. The van der Waals surface area contributed by atoms with Crippen molar-refractivity contribution >= 4 is 39.9 Å². The summed E-state index contributed by atoms with van der Waals surface area (Å²) in [6.45, 7) is 0.364. The lowest BCUT2D eigenvalue weighted by molar-refractivity contribution is 0.0921. The zero-order chi connectivity index (χ0) is 18.5. The molecule has 2 aromatic carbocycles. The third-order valence-electron chi connectivity index (χ3n) is 3.60. The molecular weight excluding hydrogens is 393 g/mol. The van der Waals surface area contributed by atoms with E-state index in [9.17, 15) is 9.00 Å². The lowest BCUT2D eigenvalue weighted by Gasteiger charge is -2.04. The molecule has 0 fully saturated rings. The lowest BCUT2D eigenvalue weighted by atomic mass is 10.2. The first kappa shape index (κ1) is 18.7. The minimum atomic E-state index is -1.27. The zero-order valence-electron chi connectivity index (χ0n) is 13.6. The van der Waals surface area contributed by atoms with E-state index in [1.165, 1.54) is 0 Å². The highest BCUT2D eigenvalue weighted by Crippen LogP contribution is 2.17. The van der Waals surface area contributed by atoms with Gasteiger partial charge in [0.05, 0.1) is 16.6 Å². The first-order valence-electron chi connectivity index (χ1n) is 7.76. The number of hydrogen-bond acceptors (Lipinski definition) is 3. The van der Waals surface area contributed by atoms with Crippen molar-refractivity contribution in [2.24, 2.45) is 0 Å². The van der Waals surface area contributed by atoms with E-state index in [4.69, 9.17) is 27.6 Å². The number of furan rings is 1. The Balaban J connectivity index is 1.58. The van der Waals surface area contributed by atoms with E-state index >= 15 is 0 Å². The highest BCUT2D eigenvalue weighted by atomic mass is 35.5. The van der Waals surface area contributed by atoms with Crippen LogP contribution in [0.3, 0.4) is 0 Å². The summed E-state index contributed by atoms with van der Waals surface area (Å²) in [5.74, 6) is 0.520. The molecule has 0 unspecified atom stereocenters. The lowest BCUT2D eigenvalue weighted by Crippen LogP contribution is -2.22. The summed E-state index contributed by atoms with van der Waals surface area (Å²) >= 11 is 11.7. The molecule has 0 saturated heterocycles. The molecule has 7 heteroatoms. The van der Waals surface area contributed by atoms with Crippen LogP contribution in [-0.2, 0) is 23.1 Å². The van der Waals surface area contributed by atoms with E-state index < -0.39 is 10.8 Å². The first-order valence-corrected chi connectivity index (χ1v) is 9.84. The molecule has 3 rings (SSSR count). The average molecular weight is 408 g/mol. The molecule has 1 atom stereocenters. The van der Waals surface area contributed by atoms with Crippen molar-refractivity contribution < 1.29 is 13.4 Å². The van der Waals surface area contributed by atoms with Crippen molar-refractivity contribution in [1.29, 1.82) is 0 Å². The number of amides is 1. The van der Waals surface area contributed by atoms with Crippen LogP contribution in [0.4, 0.5) is 0 Å². The van der Waals surface area contributed by atoms with Crippen LogP contribution in [0.2, 0.25) is 10.0 Å². The molecule has 0 saturated carbocycles. The van der Waals surface area contributed by atoms with Gasteiger partial charge >= 0.3 is 0 Å². The fourth-order valence-corrected chi connectivity index (χ4v) is 3.52. The SMILES string of the molecule is O=C(NCc1ccc(Cl)cc1)c1ccc(C[S@](=O)c2ccc(Cl)cc2)o1.